The molecule has 8 nitrogen and oxygen atoms in total. The van der Waals surface area contributed by atoms with Gasteiger partial charge in [0.25, 0.3) is 7.82 Å². The van der Waals surface area contributed by atoms with Gasteiger partial charge in [0, 0.05) is 6.42 Å². The number of aliphatic hydroxyl groups excluding tert-OH is 1. The monoisotopic (exact) mass is 1160 g/mol. The molecule has 0 fully saturated rings. The van der Waals surface area contributed by atoms with Gasteiger partial charge in [0.05, 0.1) is 39.9 Å². The number of phosphoric ester groups is 1. The van der Waals surface area contributed by atoms with E-state index in [-0.39, 0.29) is 19.1 Å². The van der Waals surface area contributed by atoms with E-state index in [0.29, 0.717) is 23.9 Å². The van der Waals surface area contributed by atoms with Crippen molar-refractivity contribution < 1.29 is 32.9 Å². The van der Waals surface area contributed by atoms with Crippen molar-refractivity contribution in [1.29, 1.82) is 0 Å². The molecule has 0 heterocycles. The summed E-state index contributed by atoms with van der Waals surface area (Å²) < 4.78 is 23.5. The lowest BCUT2D eigenvalue weighted by atomic mass is 10.0. The maximum absolute atomic E-state index is 13.1. The number of rotatable bonds is 64. The SMILES string of the molecule is CC/C=C\C/C=C\C/C=C\C/C=C\C/C=C\C/C=C\CCCCCCCCCCCCC(=O)NC(COP(=O)([O-])OCC[N+](C)(C)C)C(O)CCCCCCCCCCCCCCCCCCCCCCCCCCCCCCCC. The molecule has 1 amide bonds. The Hall–Kier alpha value is -2.06. The second-order valence-electron chi connectivity index (χ2n) is 24.9. The van der Waals surface area contributed by atoms with Crippen molar-refractivity contribution >= 4 is 13.7 Å². The third-order valence-corrected chi connectivity index (χ3v) is 16.7. The first-order valence-electron chi connectivity index (χ1n) is 34.8. The van der Waals surface area contributed by atoms with Crippen LogP contribution in [0.4, 0.5) is 0 Å². The van der Waals surface area contributed by atoms with Gasteiger partial charge in [-0.25, -0.2) is 0 Å². The minimum atomic E-state index is -4.59. The lowest BCUT2D eigenvalue weighted by molar-refractivity contribution is -0.870. The lowest BCUT2D eigenvalue weighted by Gasteiger charge is -2.30. The van der Waals surface area contributed by atoms with Crippen LogP contribution in [0.25, 0.3) is 0 Å². The van der Waals surface area contributed by atoms with Gasteiger partial charge < -0.3 is 28.8 Å². The normalized spacial score (nSPS) is 14.1. The summed E-state index contributed by atoms with van der Waals surface area (Å²) in [5.74, 6) is -0.168. The zero-order valence-corrected chi connectivity index (χ0v) is 55.1. The Balaban J connectivity index is 4.06. The van der Waals surface area contributed by atoms with Gasteiger partial charge in [0.2, 0.25) is 5.91 Å². The van der Waals surface area contributed by atoms with Gasteiger partial charge in [-0.15, -0.1) is 0 Å². The molecule has 0 saturated heterocycles. The molecule has 0 aliphatic heterocycles. The average molecular weight is 1160 g/mol. The predicted octanol–water partition coefficient (Wildman–Crippen LogP) is 21.5. The van der Waals surface area contributed by atoms with Crippen LogP contribution in [0, 0.1) is 0 Å². The van der Waals surface area contributed by atoms with E-state index in [4.69, 9.17) is 9.05 Å². The lowest BCUT2D eigenvalue weighted by Crippen LogP contribution is -2.46. The number of carbonyl (C=O) groups is 1. The number of likely N-dealkylation sites (N-methyl/N-ethyl adjacent to an activating group) is 1. The largest absolute Gasteiger partial charge is 0.756 e. The van der Waals surface area contributed by atoms with E-state index in [1.807, 2.05) is 21.1 Å². The number of amides is 1. The Kier molecular flexibility index (Phi) is 60.9. The number of quaternary nitrogens is 1. The standard InChI is InChI=1S/C72H135N2O6P/c1-6-8-10-12-14-16-18-20-22-24-26-28-30-32-34-36-38-39-41-43-45-47-49-51-53-55-57-59-61-63-65-71(75)70(69-80-81(77,78)79-68-67-74(3,4)5)73-72(76)66-64-62-60-58-56-54-52-50-48-46-44-42-40-37-35-33-31-29-27-25-23-21-19-17-15-13-11-9-7-2/h9,11,15,17,21,23,27,29,33,35,40,42,70-71,75H,6-8,10,12-14,16,18-20,22,24-26,28,30-32,34,36-39,41,43-69H2,1-5H3,(H-,73,76,77,78)/b11-9-,17-15-,23-21-,29-27-,35-33-,42-40-. The molecule has 3 unspecified atom stereocenters. The number of aliphatic hydroxyl groups is 1. The second kappa shape index (κ2) is 62.5. The van der Waals surface area contributed by atoms with Crippen LogP contribution >= 0.6 is 7.82 Å². The first-order chi connectivity index (χ1) is 39.5. The highest BCUT2D eigenvalue weighted by atomic mass is 31.2. The van der Waals surface area contributed by atoms with Crippen molar-refractivity contribution in [2.24, 2.45) is 0 Å². The Morgan fingerprint density at radius 2 is 0.753 bits per heavy atom. The van der Waals surface area contributed by atoms with E-state index < -0.39 is 20.0 Å². The van der Waals surface area contributed by atoms with Crippen LogP contribution in [0.1, 0.15) is 328 Å². The summed E-state index contributed by atoms with van der Waals surface area (Å²) in [5.41, 5.74) is 0. The van der Waals surface area contributed by atoms with Crippen molar-refractivity contribution in [2.45, 2.75) is 341 Å². The molecule has 9 heteroatoms. The smallest absolute Gasteiger partial charge is 0.268 e. The molecule has 0 spiro atoms. The van der Waals surface area contributed by atoms with Gasteiger partial charge in [0.1, 0.15) is 13.2 Å². The molecular weight excluding hydrogens is 1020 g/mol. The highest BCUT2D eigenvalue weighted by Gasteiger charge is 2.24. The van der Waals surface area contributed by atoms with Gasteiger partial charge in [-0.1, -0.05) is 331 Å². The van der Waals surface area contributed by atoms with Gasteiger partial charge in [0.15, 0.2) is 0 Å². The number of hydrogen-bond donors (Lipinski definition) is 2. The molecule has 2 N–H and O–H groups in total. The zero-order valence-electron chi connectivity index (χ0n) is 54.2. The molecule has 0 radical (unpaired) electrons. The molecule has 0 aromatic carbocycles. The third kappa shape index (κ3) is 65.3. The van der Waals surface area contributed by atoms with Gasteiger partial charge in [-0.3, -0.25) is 9.36 Å². The van der Waals surface area contributed by atoms with E-state index in [1.54, 1.807) is 0 Å². The fourth-order valence-electron chi connectivity index (χ4n) is 10.3. The summed E-state index contributed by atoms with van der Waals surface area (Å²) >= 11 is 0. The first kappa shape index (κ1) is 78.9. The quantitative estimate of drug-likeness (QED) is 0.0272. The number of nitrogens with one attached hydrogen (secondary N) is 1. The molecule has 0 aromatic rings. The number of nitrogens with zero attached hydrogens (tertiary/aromatic N) is 1. The molecule has 0 saturated carbocycles. The van der Waals surface area contributed by atoms with Gasteiger partial charge in [-0.05, 0) is 64.2 Å². The fourth-order valence-corrected chi connectivity index (χ4v) is 11.1. The third-order valence-electron chi connectivity index (χ3n) is 15.7. The average Bonchev–Trinajstić information content (AvgIpc) is 3.43. The van der Waals surface area contributed by atoms with Crippen LogP contribution in [0.15, 0.2) is 72.9 Å². The van der Waals surface area contributed by atoms with Crippen molar-refractivity contribution in [1.82, 2.24) is 5.32 Å². The first-order valence-corrected chi connectivity index (χ1v) is 36.2. The molecule has 474 valence electrons. The zero-order chi connectivity index (χ0) is 59.1. The van der Waals surface area contributed by atoms with Crippen LogP contribution < -0.4 is 10.2 Å². The highest BCUT2D eigenvalue weighted by Crippen LogP contribution is 2.38. The fraction of sp³-hybridized carbons (Fsp3) is 0.819. The van der Waals surface area contributed by atoms with Crippen LogP contribution in [0.2, 0.25) is 0 Å². The van der Waals surface area contributed by atoms with Crippen molar-refractivity contribution in [3.63, 3.8) is 0 Å². The molecule has 3 atom stereocenters. The maximum Gasteiger partial charge on any atom is 0.268 e. The predicted molar refractivity (Wildman–Crippen MR) is 353 cm³/mol. The summed E-state index contributed by atoms with van der Waals surface area (Å²) in [4.78, 5) is 25.7. The molecule has 0 aromatic heterocycles. The van der Waals surface area contributed by atoms with Crippen molar-refractivity contribution in [3.05, 3.63) is 72.9 Å². The van der Waals surface area contributed by atoms with E-state index >= 15 is 0 Å². The van der Waals surface area contributed by atoms with Crippen LogP contribution in [0.3, 0.4) is 0 Å². The summed E-state index contributed by atoms with van der Waals surface area (Å²) in [6.07, 6.45) is 86.9. The van der Waals surface area contributed by atoms with Crippen molar-refractivity contribution in [2.75, 3.05) is 40.9 Å². The van der Waals surface area contributed by atoms with Crippen LogP contribution in [-0.2, 0) is 18.4 Å². The number of carbonyl (C=O) groups excluding carboxylic acids is 1. The Labute approximate surface area is 504 Å². The molecular formula is C72H135N2O6P. The number of allylic oxidation sites excluding steroid dienone is 12. The topological polar surface area (TPSA) is 108 Å². The molecule has 0 aliphatic rings. The van der Waals surface area contributed by atoms with E-state index in [2.05, 4.69) is 92.1 Å². The summed E-state index contributed by atoms with van der Waals surface area (Å²) in [6.45, 7) is 4.64. The Morgan fingerprint density at radius 1 is 0.444 bits per heavy atom. The number of unbranched alkanes of at least 4 members (excludes halogenated alkanes) is 39. The second-order valence-corrected chi connectivity index (χ2v) is 26.3. The minimum Gasteiger partial charge on any atom is -0.756 e. The summed E-state index contributed by atoms with van der Waals surface area (Å²) in [5, 5.41) is 14.1. The molecule has 0 rings (SSSR count). The Morgan fingerprint density at radius 3 is 1.10 bits per heavy atom. The van der Waals surface area contributed by atoms with E-state index in [9.17, 15) is 19.4 Å². The summed E-state index contributed by atoms with van der Waals surface area (Å²) in [7, 11) is 1.30. The molecule has 0 bridgehead atoms. The van der Waals surface area contributed by atoms with Crippen LogP contribution in [-0.4, -0.2) is 68.5 Å². The highest BCUT2D eigenvalue weighted by molar-refractivity contribution is 7.45. The van der Waals surface area contributed by atoms with Crippen LogP contribution in [0.5, 0.6) is 0 Å². The number of phosphoric acid groups is 1. The Bertz CT molecular complexity index is 1550. The number of hydrogen-bond acceptors (Lipinski definition) is 6. The van der Waals surface area contributed by atoms with Gasteiger partial charge in [-0.2, -0.15) is 0 Å². The summed E-state index contributed by atoms with van der Waals surface area (Å²) in [6, 6.07) is -0.809. The van der Waals surface area contributed by atoms with E-state index in [0.717, 1.165) is 83.5 Å². The van der Waals surface area contributed by atoms with Gasteiger partial charge >= 0.3 is 0 Å². The van der Waals surface area contributed by atoms with Crippen molar-refractivity contribution in [3.8, 4) is 0 Å². The van der Waals surface area contributed by atoms with E-state index in [1.165, 1.54) is 218 Å². The molecule has 81 heavy (non-hydrogen) atoms. The minimum absolute atomic E-state index is 0.00918. The molecule has 0 aliphatic carbocycles. The maximum atomic E-state index is 13.1.